The third-order valence-corrected chi connectivity index (χ3v) is 4.05. The number of hydrogen-bond donors (Lipinski definition) is 0. The first-order valence-corrected chi connectivity index (χ1v) is 7.84. The zero-order chi connectivity index (χ0) is 15.0. The highest BCUT2D eigenvalue weighted by Crippen LogP contribution is 2.33. The van der Waals surface area contributed by atoms with Crippen molar-refractivity contribution >= 4 is 34.1 Å². The predicted octanol–water partition coefficient (Wildman–Crippen LogP) is 6.27. The normalized spacial score (nSPS) is 11.5. The minimum atomic E-state index is 0.592. The largest absolute Gasteiger partial charge is 0.347 e. The van der Waals surface area contributed by atoms with Crippen LogP contribution in [0.5, 0.6) is 0 Å². The lowest BCUT2D eigenvalue weighted by molar-refractivity contribution is 0.535. The molecule has 3 heteroatoms. The van der Waals surface area contributed by atoms with Crippen molar-refractivity contribution in [2.24, 2.45) is 5.92 Å². The summed E-state index contributed by atoms with van der Waals surface area (Å²) in [5.74, 6) is 0.592. The molecule has 3 rings (SSSR count). The maximum absolute atomic E-state index is 6.19. The molecule has 0 atom stereocenters. The Morgan fingerprint density at radius 3 is 2.29 bits per heavy atom. The van der Waals surface area contributed by atoms with E-state index in [0.29, 0.717) is 5.92 Å². The molecule has 0 unspecified atom stereocenters. The van der Waals surface area contributed by atoms with Crippen LogP contribution in [0, 0.1) is 5.92 Å². The molecule has 0 radical (unpaired) electrons. The lowest BCUT2D eigenvalue weighted by Crippen LogP contribution is -2.02. The topological polar surface area (TPSA) is 4.93 Å². The zero-order valence-electron chi connectivity index (χ0n) is 12.1. The maximum Gasteiger partial charge on any atom is 0.0487 e. The van der Waals surface area contributed by atoms with Gasteiger partial charge in [-0.05, 0) is 41.8 Å². The van der Waals surface area contributed by atoms with Gasteiger partial charge in [-0.15, -0.1) is 0 Å². The molecular weight excluding hydrogens is 301 g/mol. The Bertz CT molecular complexity index is 770. The Hall–Kier alpha value is -1.44. The Kier molecular flexibility index (Phi) is 3.97. The van der Waals surface area contributed by atoms with E-state index in [0.717, 1.165) is 22.2 Å². The van der Waals surface area contributed by atoms with Gasteiger partial charge in [0.25, 0.3) is 0 Å². The quantitative estimate of drug-likeness (QED) is 0.536. The number of fused-ring (bicyclic) bond motifs is 1. The number of hydrogen-bond acceptors (Lipinski definition) is 0. The van der Waals surface area contributed by atoms with Crippen LogP contribution in [0.15, 0.2) is 48.7 Å². The smallest absolute Gasteiger partial charge is 0.0487 e. The van der Waals surface area contributed by atoms with E-state index in [1.54, 1.807) is 0 Å². The van der Waals surface area contributed by atoms with Crippen molar-refractivity contribution in [3.8, 4) is 11.1 Å². The van der Waals surface area contributed by atoms with Crippen LogP contribution in [0.2, 0.25) is 10.0 Å². The summed E-state index contributed by atoms with van der Waals surface area (Å²) in [6.45, 7) is 5.44. The van der Waals surface area contributed by atoms with Crippen LogP contribution in [-0.2, 0) is 6.54 Å². The van der Waals surface area contributed by atoms with Crippen LogP contribution in [0.25, 0.3) is 22.0 Å². The van der Waals surface area contributed by atoms with E-state index in [1.165, 1.54) is 16.5 Å². The molecule has 2 aromatic carbocycles. The fourth-order valence-electron chi connectivity index (χ4n) is 2.67. The Labute approximate surface area is 135 Å². The van der Waals surface area contributed by atoms with Gasteiger partial charge in [-0.1, -0.05) is 49.2 Å². The lowest BCUT2D eigenvalue weighted by atomic mass is 10.1. The maximum atomic E-state index is 6.19. The summed E-state index contributed by atoms with van der Waals surface area (Å²) in [7, 11) is 0. The van der Waals surface area contributed by atoms with E-state index in [-0.39, 0.29) is 0 Å². The Morgan fingerprint density at radius 2 is 1.62 bits per heavy atom. The summed E-state index contributed by atoms with van der Waals surface area (Å²) in [6.07, 6.45) is 2.21. The van der Waals surface area contributed by atoms with Crippen LogP contribution in [0.4, 0.5) is 0 Å². The van der Waals surface area contributed by atoms with Crippen molar-refractivity contribution in [3.63, 3.8) is 0 Å². The van der Waals surface area contributed by atoms with Crippen LogP contribution in [-0.4, -0.2) is 4.57 Å². The molecule has 0 spiro atoms. The lowest BCUT2D eigenvalue weighted by Gasteiger charge is -2.07. The van der Waals surface area contributed by atoms with Crippen molar-refractivity contribution in [2.75, 3.05) is 0 Å². The molecule has 0 saturated heterocycles. The first-order chi connectivity index (χ1) is 10.0. The second-order valence-corrected chi connectivity index (χ2v) is 6.63. The highest BCUT2D eigenvalue weighted by molar-refractivity contribution is 6.31. The molecule has 0 aliphatic rings. The molecule has 1 nitrogen and oxygen atoms in total. The molecule has 3 aromatic rings. The van der Waals surface area contributed by atoms with Gasteiger partial charge in [0.1, 0.15) is 0 Å². The van der Waals surface area contributed by atoms with Gasteiger partial charge in [0.15, 0.2) is 0 Å². The van der Waals surface area contributed by atoms with Crippen molar-refractivity contribution < 1.29 is 0 Å². The minimum absolute atomic E-state index is 0.592. The van der Waals surface area contributed by atoms with Gasteiger partial charge in [-0.25, -0.2) is 0 Å². The highest BCUT2D eigenvalue weighted by Gasteiger charge is 2.11. The second kappa shape index (κ2) is 5.75. The zero-order valence-corrected chi connectivity index (χ0v) is 13.6. The molecule has 0 fully saturated rings. The fraction of sp³-hybridized carbons (Fsp3) is 0.222. The van der Waals surface area contributed by atoms with E-state index < -0.39 is 0 Å². The summed E-state index contributed by atoms with van der Waals surface area (Å²) in [5, 5.41) is 2.70. The molecule has 0 aliphatic heterocycles. The van der Waals surface area contributed by atoms with Gasteiger partial charge in [0.05, 0.1) is 0 Å². The third-order valence-electron chi connectivity index (χ3n) is 3.56. The van der Waals surface area contributed by atoms with E-state index in [2.05, 4.69) is 42.8 Å². The molecular formula is C18H17Cl2N. The summed E-state index contributed by atoms with van der Waals surface area (Å²) in [6, 6.07) is 14.0. The molecule has 0 aliphatic carbocycles. The number of aromatic nitrogens is 1. The number of rotatable bonds is 3. The molecule has 0 bridgehead atoms. The van der Waals surface area contributed by atoms with Gasteiger partial charge in [-0.2, -0.15) is 0 Å². The standard InChI is InChI=1S/C18H17Cl2N/c1-12(2)10-21-11-17(13-3-5-14(19)6-4-13)16-9-15(20)7-8-18(16)21/h3-9,11-12H,10H2,1-2H3. The molecule has 108 valence electrons. The first-order valence-electron chi connectivity index (χ1n) is 7.09. The van der Waals surface area contributed by atoms with Crippen LogP contribution >= 0.6 is 23.2 Å². The number of nitrogens with zero attached hydrogens (tertiary/aromatic N) is 1. The van der Waals surface area contributed by atoms with Gasteiger partial charge in [-0.3, -0.25) is 0 Å². The summed E-state index contributed by atoms with van der Waals surface area (Å²) in [5.41, 5.74) is 3.58. The van der Waals surface area contributed by atoms with Crippen LogP contribution < -0.4 is 0 Å². The van der Waals surface area contributed by atoms with E-state index in [9.17, 15) is 0 Å². The average Bonchev–Trinajstić information content (AvgIpc) is 2.77. The van der Waals surface area contributed by atoms with Gasteiger partial charge in [0.2, 0.25) is 0 Å². The van der Waals surface area contributed by atoms with Gasteiger partial charge < -0.3 is 4.57 Å². The minimum Gasteiger partial charge on any atom is -0.347 e. The van der Waals surface area contributed by atoms with Crippen molar-refractivity contribution in [3.05, 3.63) is 58.7 Å². The molecule has 21 heavy (non-hydrogen) atoms. The van der Waals surface area contributed by atoms with Crippen molar-refractivity contribution in [1.29, 1.82) is 0 Å². The fourth-order valence-corrected chi connectivity index (χ4v) is 2.97. The molecule has 0 amide bonds. The van der Waals surface area contributed by atoms with Gasteiger partial charge >= 0.3 is 0 Å². The molecule has 0 saturated carbocycles. The van der Waals surface area contributed by atoms with E-state index in [1.807, 2.05) is 24.3 Å². The van der Waals surface area contributed by atoms with Crippen LogP contribution in [0.1, 0.15) is 13.8 Å². The number of halogens is 2. The Morgan fingerprint density at radius 1 is 0.952 bits per heavy atom. The highest BCUT2D eigenvalue weighted by atomic mass is 35.5. The monoisotopic (exact) mass is 317 g/mol. The molecule has 0 N–H and O–H groups in total. The average molecular weight is 318 g/mol. The van der Waals surface area contributed by atoms with E-state index in [4.69, 9.17) is 23.2 Å². The first kappa shape index (κ1) is 14.5. The van der Waals surface area contributed by atoms with E-state index >= 15 is 0 Å². The number of benzene rings is 2. The third kappa shape index (κ3) is 2.95. The summed E-state index contributed by atoms with van der Waals surface area (Å²) in [4.78, 5) is 0. The van der Waals surface area contributed by atoms with Crippen molar-refractivity contribution in [2.45, 2.75) is 20.4 Å². The predicted molar refractivity (Wildman–Crippen MR) is 92.2 cm³/mol. The second-order valence-electron chi connectivity index (χ2n) is 5.76. The molecule has 1 heterocycles. The SMILES string of the molecule is CC(C)Cn1cc(-c2ccc(Cl)cc2)c2cc(Cl)ccc21. The summed E-state index contributed by atoms with van der Waals surface area (Å²) < 4.78 is 2.31. The van der Waals surface area contributed by atoms with Crippen molar-refractivity contribution in [1.82, 2.24) is 4.57 Å². The van der Waals surface area contributed by atoms with Gasteiger partial charge in [0, 0.05) is 39.3 Å². The summed E-state index contributed by atoms with van der Waals surface area (Å²) >= 11 is 12.2. The Balaban J connectivity index is 2.21. The molecule has 1 aromatic heterocycles. The van der Waals surface area contributed by atoms with Crippen LogP contribution in [0.3, 0.4) is 0 Å².